The van der Waals surface area contributed by atoms with Crippen molar-refractivity contribution < 1.29 is 4.79 Å². The molecule has 7 heavy (non-hydrogen) atoms. The third-order valence-corrected chi connectivity index (χ3v) is 0.421. The molecule has 0 bridgehead atoms. The molecule has 42 valence electrons. The molecule has 1 amide bonds. The molecule has 0 heterocycles. The Balaban J connectivity index is 0. The van der Waals surface area contributed by atoms with Gasteiger partial charge in [0.25, 0.3) is 0 Å². The van der Waals surface area contributed by atoms with Crippen LogP contribution in [0.1, 0.15) is 6.92 Å². The minimum atomic E-state index is -0.435. The second-order valence-corrected chi connectivity index (χ2v) is 1.14. The van der Waals surface area contributed by atoms with Gasteiger partial charge in [0.15, 0.2) is 0 Å². The summed E-state index contributed by atoms with van der Waals surface area (Å²) in [7, 11) is 0. The summed E-state index contributed by atoms with van der Waals surface area (Å²) in [5.74, 6) is -0.435. The second-order valence-electron chi connectivity index (χ2n) is 1.14. The summed E-state index contributed by atoms with van der Waals surface area (Å²) in [6.07, 6.45) is 0. The predicted octanol–water partition coefficient (Wildman–Crippen LogP) is 0.626. The Hall–Kier alpha value is -0.310. The smallest absolute Gasteiger partial charge is 0.243 e. The molecule has 3 heteroatoms. The molecule has 2 N–H and O–H groups in total. The van der Waals surface area contributed by atoms with E-state index >= 15 is 0 Å². The molecule has 0 radical (unpaired) electrons. The minimum absolute atomic E-state index is 0. The molecule has 0 aliphatic carbocycles. The highest BCUT2D eigenvalue weighted by Crippen LogP contribution is 1.78. The Labute approximate surface area is 53.2 Å². The van der Waals surface area contributed by atoms with Crippen LogP contribution in [-0.4, -0.2) is 5.91 Å². The molecule has 0 aliphatic rings. The SMILES string of the molecule is Br.C=C(C)C(N)=O. The van der Waals surface area contributed by atoms with E-state index in [-0.39, 0.29) is 17.0 Å². The van der Waals surface area contributed by atoms with Crippen molar-refractivity contribution in [1.82, 2.24) is 0 Å². The number of amides is 1. The van der Waals surface area contributed by atoms with Crippen molar-refractivity contribution in [2.45, 2.75) is 6.92 Å². The van der Waals surface area contributed by atoms with Crippen LogP contribution in [-0.2, 0) is 4.79 Å². The molecule has 0 fully saturated rings. The first kappa shape index (κ1) is 9.85. The van der Waals surface area contributed by atoms with Crippen molar-refractivity contribution in [3.8, 4) is 0 Å². The number of hydrogen-bond acceptors (Lipinski definition) is 1. The number of hydrogen-bond donors (Lipinski definition) is 1. The quantitative estimate of drug-likeness (QED) is 0.570. The molecular weight excluding hydrogens is 158 g/mol. The first-order valence-corrected chi connectivity index (χ1v) is 1.60. The molecular formula is C4H8BrNO. The average molecular weight is 166 g/mol. The lowest BCUT2D eigenvalue weighted by atomic mass is 10.3. The van der Waals surface area contributed by atoms with Gasteiger partial charge in [-0.1, -0.05) is 6.58 Å². The zero-order chi connectivity index (χ0) is 5.15. The van der Waals surface area contributed by atoms with E-state index in [1.807, 2.05) is 0 Å². The van der Waals surface area contributed by atoms with E-state index in [4.69, 9.17) is 5.73 Å². The van der Waals surface area contributed by atoms with Gasteiger partial charge in [-0.2, -0.15) is 0 Å². The Bertz CT molecular complexity index is 77.7. The second kappa shape index (κ2) is 3.87. The highest BCUT2D eigenvalue weighted by molar-refractivity contribution is 8.93. The summed E-state index contributed by atoms with van der Waals surface area (Å²) in [5, 5.41) is 0. The molecule has 0 atom stereocenters. The Morgan fingerprint density at radius 1 is 1.71 bits per heavy atom. The Morgan fingerprint density at radius 2 is 1.86 bits per heavy atom. The number of rotatable bonds is 1. The van der Waals surface area contributed by atoms with Gasteiger partial charge in [-0.25, -0.2) is 0 Å². The molecule has 0 rings (SSSR count). The molecule has 0 unspecified atom stereocenters. The molecule has 0 saturated heterocycles. The third-order valence-electron chi connectivity index (χ3n) is 0.421. The summed E-state index contributed by atoms with van der Waals surface area (Å²) in [4.78, 5) is 9.82. The largest absolute Gasteiger partial charge is 0.366 e. The number of halogens is 1. The molecule has 0 aromatic heterocycles. The van der Waals surface area contributed by atoms with Crippen molar-refractivity contribution in [3.05, 3.63) is 12.2 Å². The normalized spacial score (nSPS) is 6.43. The van der Waals surface area contributed by atoms with Crippen molar-refractivity contribution >= 4 is 22.9 Å². The fourth-order valence-corrected chi connectivity index (χ4v) is 0. The van der Waals surface area contributed by atoms with E-state index in [9.17, 15) is 4.79 Å². The van der Waals surface area contributed by atoms with E-state index in [1.54, 1.807) is 6.92 Å². The summed E-state index contributed by atoms with van der Waals surface area (Å²) < 4.78 is 0. The number of primary amides is 1. The summed E-state index contributed by atoms with van der Waals surface area (Å²) in [6, 6.07) is 0. The van der Waals surface area contributed by atoms with E-state index in [1.165, 1.54) is 0 Å². The van der Waals surface area contributed by atoms with E-state index in [0.717, 1.165) is 0 Å². The Kier molecular flexibility index (Phi) is 5.44. The number of nitrogens with two attached hydrogens (primary N) is 1. The van der Waals surface area contributed by atoms with Gasteiger partial charge < -0.3 is 5.73 Å². The van der Waals surface area contributed by atoms with Gasteiger partial charge in [-0.15, -0.1) is 17.0 Å². The monoisotopic (exact) mass is 165 g/mol. The lowest BCUT2D eigenvalue weighted by Gasteiger charge is -1.81. The van der Waals surface area contributed by atoms with Crippen LogP contribution in [0.4, 0.5) is 0 Å². The average Bonchev–Trinajstić information content (AvgIpc) is 1.36. The van der Waals surface area contributed by atoms with Crippen molar-refractivity contribution in [1.29, 1.82) is 0 Å². The van der Waals surface area contributed by atoms with Gasteiger partial charge >= 0.3 is 0 Å². The molecule has 0 aromatic rings. The van der Waals surface area contributed by atoms with Crippen LogP contribution in [0, 0.1) is 0 Å². The molecule has 0 saturated carbocycles. The molecule has 0 aliphatic heterocycles. The fourth-order valence-electron chi connectivity index (χ4n) is 0. The maximum atomic E-state index is 9.82. The Morgan fingerprint density at radius 3 is 1.86 bits per heavy atom. The zero-order valence-electron chi connectivity index (χ0n) is 4.10. The minimum Gasteiger partial charge on any atom is -0.366 e. The predicted molar refractivity (Wildman–Crippen MR) is 34.3 cm³/mol. The topological polar surface area (TPSA) is 43.1 Å². The summed E-state index contributed by atoms with van der Waals surface area (Å²) in [6.45, 7) is 4.85. The zero-order valence-corrected chi connectivity index (χ0v) is 5.81. The van der Waals surface area contributed by atoms with Crippen molar-refractivity contribution in [2.75, 3.05) is 0 Å². The number of carbonyl (C=O) groups is 1. The van der Waals surface area contributed by atoms with Gasteiger partial charge in [0.05, 0.1) is 0 Å². The van der Waals surface area contributed by atoms with Crippen LogP contribution in [0.2, 0.25) is 0 Å². The standard InChI is InChI=1S/C4H7NO.BrH/c1-3(2)4(5)6;/h1H2,2H3,(H2,5,6);1H. The van der Waals surface area contributed by atoms with Crippen molar-refractivity contribution in [2.24, 2.45) is 5.73 Å². The molecule has 2 nitrogen and oxygen atoms in total. The van der Waals surface area contributed by atoms with Crippen LogP contribution in [0.15, 0.2) is 12.2 Å². The molecule has 0 spiro atoms. The van der Waals surface area contributed by atoms with E-state index < -0.39 is 5.91 Å². The van der Waals surface area contributed by atoms with Crippen molar-refractivity contribution in [3.63, 3.8) is 0 Å². The van der Waals surface area contributed by atoms with Gasteiger partial charge in [0.2, 0.25) is 5.91 Å². The van der Waals surface area contributed by atoms with E-state index in [2.05, 4.69) is 6.58 Å². The maximum Gasteiger partial charge on any atom is 0.243 e. The van der Waals surface area contributed by atoms with Gasteiger partial charge in [-0.3, -0.25) is 4.79 Å². The summed E-state index contributed by atoms with van der Waals surface area (Å²) >= 11 is 0. The van der Waals surface area contributed by atoms with Crippen LogP contribution >= 0.6 is 17.0 Å². The van der Waals surface area contributed by atoms with Gasteiger partial charge in [0.1, 0.15) is 0 Å². The van der Waals surface area contributed by atoms with E-state index in [0.29, 0.717) is 5.57 Å². The highest BCUT2D eigenvalue weighted by atomic mass is 79.9. The lowest BCUT2D eigenvalue weighted by molar-refractivity contribution is -0.114. The first-order valence-electron chi connectivity index (χ1n) is 1.60. The van der Waals surface area contributed by atoms with Gasteiger partial charge in [-0.05, 0) is 6.92 Å². The van der Waals surface area contributed by atoms with Crippen LogP contribution in [0.3, 0.4) is 0 Å². The number of carbonyl (C=O) groups excluding carboxylic acids is 1. The van der Waals surface area contributed by atoms with Crippen LogP contribution in [0.25, 0.3) is 0 Å². The maximum absolute atomic E-state index is 9.82. The first-order chi connectivity index (χ1) is 2.64. The van der Waals surface area contributed by atoms with Crippen LogP contribution < -0.4 is 5.73 Å². The van der Waals surface area contributed by atoms with Crippen LogP contribution in [0.5, 0.6) is 0 Å². The summed E-state index contributed by atoms with van der Waals surface area (Å²) in [5.41, 5.74) is 5.09. The lowest BCUT2D eigenvalue weighted by Crippen LogP contribution is -2.10. The fraction of sp³-hybridized carbons (Fsp3) is 0.250. The van der Waals surface area contributed by atoms with Gasteiger partial charge in [0, 0.05) is 5.57 Å². The molecule has 0 aromatic carbocycles. The third kappa shape index (κ3) is 5.69. The highest BCUT2D eigenvalue weighted by Gasteiger charge is 1.86.